The molecule has 0 aliphatic heterocycles. The zero-order valence-electron chi connectivity index (χ0n) is 12.2. The molecule has 0 bridgehead atoms. The van der Waals surface area contributed by atoms with Crippen LogP contribution in [0.1, 0.15) is 25.0 Å². The van der Waals surface area contributed by atoms with Crippen LogP contribution in [0, 0.1) is 0 Å². The van der Waals surface area contributed by atoms with Crippen LogP contribution in [0.4, 0.5) is 0 Å². The van der Waals surface area contributed by atoms with Gasteiger partial charge in [-0.2, -0.15) is 0 Å². The summed E-state index contributed by atoms with van der Waals surface area (Å²) in [6.07, 6.45) is 1.40. The van der Waals surface area contributed by atoms with Crippen molar-refractivity contribution >= 4 is 9.84 Å². The maximum absolute atomic E-state index is 11.4. The van der Waals surface area contributed by atoms with Crippen LogP contribution in [0.3, 0.4) is 0 Å². The summed E-state index contributed by atoms with van der Waals surface area (Å²) in [5.74, 6) is 0. The number of methoxy groups -OCH3 is 1. The van der Waals surface area contributed by atoms with Crippen molar-refractivity contribution < 1.29 is 18.3 Å². The van der Waals surface area contributed by atoms with Crippen molar-refractivity contribution in [3.05, 3.63) is 29.8 Å². The van der Waals surface area contributed by atoms with Gasteiger partial charge in [0.15, 0.2) is 9.84 Å². The summed E-state index contributed by atoms with van der Waals surface area (Å²) in [6.45, 7) is 3.04. The molecule has 20 heavy (non-hydrogen) atoms. The molecule has 0 fully saturated rings. The second kappa shape index (κ2) is 7.73. The largest absolute Gasteiger partial charge is 0.387 e. The first-order valence-electron chi connectivity index (χ1n) is 6.58. The molecule has 0 spiro atoms. The van der Waals surface area contributed by atoms with Crippen molar-refractivity contribution in [2.75, 3.05) is 26.5 Å². The van der Waals surface area contributed by atoms with Gasteiger partial charge in [0.05, 0.1) is 17.6 Å². The van der Waals surface area contributed by atoms with Crippen LogP contribution < -0.4 is 5.32 Å². The number of aliphatic hydroxyl groups is 1. The number of hydrogen-bond acceptors (Lipinski definition) is 5. The lowest BCUT2D eigenvalue weighted by atomic mass is 10.1. The number of nitrogens with one attached hydrogen (secondary N) is 1. The fourth-order valence-electron chi connectivity index (χ4n) is 1.86. The lowest BCUT2D eigenvalue weighted by Crippen LogP contribution is -2.35. The first-order chi connectivity index (χ1) is 9.38. The molecule has 2 unspecified atom stereocenters. The molecule has 0 radical (unpaired) electrons. The molecule has 0 amide bonds. The highest BCUT2D eigenvalue weighted by molar-refractivity contribution is 7.90. The third kappa shape index (κ3) is 5.20. The minimum absolute atomic E-state index is 0.199. The van der Waals surface area contributed by atoms with E-state index in [0.29, 0.717) is 18.7 Å². The van der Waals surface area contributed by atoms with Crippen molar-refractivity contribution in [1.29, 1.82) is 0 Å². The maximum atomic E-state index is 11.4. The van der Waals surface area contributed by atoms with E-state index >= 15 is 0 Å². The van der Waals surface area contributed by atoms with Crippen molar-refractivity contribution in [2.24, 2.45) is 0 Å². The Balaban J connectivity index is 2.62. The minimum atomic E-state index is -3.20. The van der Waals surface area contributed by atoms with Gasteiger partial charge in [0.25, 0.3) is 0 Å². The average molecular weight is 301 g/mol. The predicted octanol–water partition coefficient (Wildman–Crippen LogP) is 1.14. The number of hydrogen-bond donors (Lipinski definition) is 2. The maximum Gasteiger partial charge on any atom is 0.175 e. The van der Waals surface area contributed by atoms with Gasteiger partial charge in [0.1, 0.15) is 0 Å². The molecule has 1 aromatic rings. The molecule has 114 valence electrons. The molecule has 2 N–H and O–H groups in total. The summed E-state index contributed by atoms with van der Waals surface area (Å²) < 4.78 is 27.8. The first kappa shape index (κ1) is 17.1. The molecule has 0 aromatic heterocycles. The van der Waals surface area contributed by atoms with Crippen LogP contribution in [0.2, 0.25) is 0 Å². The van der Waals surface area contributed by atoms with Gasteiger partial charge < -0.3 is 15.2 Å². The fraction of sp³-hybridized carbons (Fsp3) is 0.571. The van der Waals surface area contributed by atoms with E-state index in [0.717, 1.165) is 12.7 Å². The molecule has 0 aliphatic carbocycles. The predicted molar refractivity (Wildman–Crippen MR) is 78.5 cm³/mol. The molecule has 1 aromatic carbocycles. The summed E-state index contributed by atoms with van der Waals surface area (Å²) in [6, 6.07) is 6.51. The van der Waals surface area contributed by atoms with Crippen molar-refractivity contribution in [2.45, 2.75) is 30.4 Å². The molecule has 6 heteroatoms. The monoisotopic (exact) mass is 301 g/mol. The van der Waals surface area contributed by atoms with E-state index < -0.39 is 15.9 Å². The quantitative estimate of drug-likeness (QED) is 0.753. The molecule has 1 rings (SSSR count). The topological polar surface area (TPSA) is 75.6 Å². The summed E-state index contributed by atoms with van der Waals surface area (Å²) >= 11 is 0. The third-order valence-corrected chi connectivity index (χ3v) is 4.28. The van der Waals surface area contributed by atoms with Crippen molar-refractivity contribution in [3.8, 4) is 0 Å². The molecule has 0 aliphatic rings. The Morgan fingerprint density at radius 2 is 1.90 bits per heavy atom. The summed E-state index contributed by atoms with van der Waals surface area (Å²) in [5, 5.41) is 13.3. The van der Waals surface area contributed by atoms with Gasteiger partial charge in [-0.15, -0.1) is 0 Å². The third-order valence-electron chi connectivity index (χ3n) is 3.15. The Morgan fingerprint density at radius 1 is 1.30 bits per heavy atom. The SMILES string of the molecule is CCC(COC)NCC(O)c1ccc(S(C)(=O)=O)cc1. The second-order valence-electron chi connectivity index (χ2n) is 4.83. The van der Waals surface area contributed by atoms with Gasteiger partial charge in [0.2, 0.25) is 0 Å². The number of benzene rings is 1. The summed E-state index contributed by atoms with van der Waals surface area (Å²) in [5.41, 5.74) is 0.692. The van der Waals surface area contributed by atoms with Crippen LogP contribution >= 0.6 is 0 Å². The van der Waals surface area contributed by atoms with E-state index in [2.05, 4.69) is 5.32 Å². The number of ether oxygens (including phenoxy) is 1. The molecular formula is C14H23NO4S. The highest BCUT2D eigenvalue weighted by Gasteiger charge is 2.12. The molecule has 0 saturated heterocycles. The first-order valence-corrected chi connectivity index (χ1v) is 8.48. The molecule has 2 atom stereocenters. The van der Waals surface area contributed by atoms with E-state index in [1.807, 2.05) is 6.92 Å². The van der Waals surface area contributed by atoms with Crippen LogP contribution in [-0.4, -0.2) is 46.1 Å². The second-order valence-corrected chi connectivity index (χ2v) is 6.84. The smallest absolute Gasteiger partial charge is 0.175 e. The lowest BCUT2D eigenvalue weighted by Gasteiger charge is -2.19. The van der Waals surface area contributed by atoms with Gasteiger partial charge in [-0.1, -0.05) is 19.1 Å². The van der Waals surface area contributed by atoms with E-state index in [9.17, 15) is 13.5 Å². The Hall–Kier alpha value is -0.950. The molecule has 5 nitrogen and oxygen atoms in total. The Morgan fingerprint density at radius 3 is 2.35 bits per heavy atom. The average Bonchev–Trinajstić information content (AvgIpc) is 2.42. The Kier molecular flexibility index (Phi) is 6.61. The van der Waals surface area contributed by atoms with E-state index in [-0.39, 0.29) is 10.9 Å². The zero-order chi connectivity index (χ0) is 15.2. The Bertz CT molecular complexity index is 498. The van der Waals surface area contributed by atoms with E-state index in [4.69, 9.17) is 4.74 Å². The minimum Gasteiger partial charge on any atom is -0.387 e. The van der Waals surface area contributed by atoms with Gasteiger partial charge in [-0.05, 0) is 24.1 Å². The zero-order valence-corrected chi connectivity index (χ0v) is 13.0. The van der Waals surface area contributed by atoms with Crippen LogP contribution in [0.15, 0.2) is 29.2 Å². The number of rotatable bonds is 8. The van der Waals surface area contributed by atoms with Crippen molar-refractivity contribution in [1.82, 2.24) is 5.32 Å². The lowest BCUT2D eigenvalue weighted by molar-refractivity contribution is 0.137. The Labute approximate surface area is 120 Å². The van der Waals surface area contributed by atoms with Crippen LogP contribution in [0.5, 0.6) is 0 Å². The molecular weight excluding hydrogens is 278 g/mol. The molecule has 0 saturated carbocycles. The summed E-state index contributed by atoms with van der Waals surface area (Å²) in [4.78, 5) is 0.257. The van der Waals surface area contributed by atoms with Gasteiger partial charge in [-0.3, -0.25) is 0 Å². The fourth-order valence-corrected chi connectivity index (χ4v) is 2.49. The summed E-state index contributed by atoms with van der Waals surface area (Å²) in [7, 11) is -1.55. The molecule has 0 heterocycles. The standard InChI is InChI=1S/C14H23NO4S/c1-4-12(10-19-2)15-9-14(16)11-5-7-13(8-6-11)20(3,17)18/h5-8,12,14-16H,4,9-10H2,1-3H3. The number of aliphatic hydroxyl groups excluding tert-OH is 1. The highest BCUT2D eigenvalue weighted by Crippen LogP contribution is 2.16. The highest BCUT2D eigenvalue weighted by atomic mass is 32.2. The van der Waals surface area contributed by atoms with E-state index in [1.54, 1.807) is 19.2 Å². The van der Waals surface area contributed by atoms with E-state index in [1.165, 1.54) is 12.1 Å². The van der Waals surface area contributed by atoms with Gasteiger partial charge in [0, 0.05) is 26.0 Å². The normalized spacial score (nSPS) is 15.0. The van der Waals surface area contributed by atoms with Crippen molar-refractivity contribution in [3.63, 3.8) is 0 Å². The van der Waals surface area contributed by atoms with Crippen LogP contribution in [-0.2, 0) is 14.6 Å². The van der Waals surface area contributed by atoms with Gasteiger partial charge >= 0.3 is 0 Å². The number of sulfone groups is 1. The van der Waals surface area contributed by atoms with Crippen LogP contribution in [0.25, 0.3) is 0 Å². The van der Waals surface area contributed by atoms with Gasteiger partial charge in [-0.25, -0.2) is 8.42 Å².